The number of pyridine rings is 1. The first-order chi connectivity index (χ1) is 8.84. The van der Waals surface area contributed by atoms with Gasteiger partial charge in [0.2, 0.25) is 0 Å². The molecule has 2 heteroatoms. The summed E-state index contributed by atoms with van der Waals surface area (Å²) in [6.45, 7) is 2.68. The zero-order chi connectivity index (χ0) is 12.4. The SMILES string of the molecule is Cc1cn2ccccc2c1OCc1ccccc1. The quantitative estimate of drug-likeness (QED) is 0.675. The van der Waals surface area contributed by atoms with Crippen molar-refractivity contribution in [3.8, 4) is 5.75 Å². The Bertz CT molecular complexity index is 655. The average Bonchev–Trinajstić information content (AvgIpc) is 2.73. The van der Waals surface area contributed by atoms with Gasteiger partial charge < -0.3 is 9.14 Å². The van der Waals surface area contributed by atoms with Crippen molar-refractivity contribution in [3.05, 3.63) is 72.1 Å². The highest BCUT2D eigenvalue weighted by Crippen LogP contribution is 2.27. The highest BCUT2D eigenvalue weighted by atomic mass is 16.5. The van der Waals surface area contributed by atoms with E-state index in [2.05, 4.69) is 35.7 Å². The van der Waals surface area contributed by atoms with E-state index in [-0.39, 0.29) is 0 Å². The fourth-order valence-corrected chi connectivity index (χ4v) is 2.15. The van der Waals surface area contributed by atoms with E-state index in [1.165, 1.54) is 5.56 Å². The third-order valence-corrected chi connectivity index (χ3v) is 3.04. The number of hydrogen-bond donors (Lipinski definition) is 0. The summed E-state index contributed by atoms with van der Waals surface area (Å²) in [7, 11) is 0. The van der Waals surface area contributed by atoms with Gasteiger partial charge in [0.25, 0.3) is 0 Å². The summed E-state index contributed by atoms with van der Waals surface area (Å²) in [5, 5.41) is 0. The molecule has 0 radical (unpaired) electrons. The van der Waals surface area contributed by atoms with E-state index in [9.17, 15) is 0 Å². The molecule has 0 amide bonds. The molecule has 0 N–H and O–H groups in total. The minimum absolute atomic E-state index is 0.607. The Morgan fingerprint density at radius 2 is 1.78 bits per heavy atom. The normalized spacial score (nSPS) is 10.7. The summed E-state index contributed by atoms with van der Waals surface area (Å²) in [6, 6.07) is 16.4. The van der Waals surface area contributed by atoms with Crippen molar-refractivity contribution in [1.29, 1.82) is 0 Å². The summed E-state index contributed by atoms with van der Waals surface area (Å²) in [6.07, 6.45) is 4.13. The number of rotatable bonds is 3. The third-order valence-electron chi connectivity index (χ3n) is 3.04. The second-order valence-corrected chi connectivity index (χ2v) is 4.41. The lowest BCUT2D eigenvalue weighted by molar-refractivity contribution is 0.308. The average molecular weight is 237 g/mol. The van der Waals surface area contributed by atoms with Crippen LogP contribution in [0, 0.1) is 6.92 Å². The number of aromatic nitrogens is 1. The van der Waals surface area contributed by atoms with Crippen LogP contribution in [0.1, 0.15) is 11.1 Å². The van der Waals surface area contributed by atoms with E-state index in [0.717, 1.165) is 16.8 Å². The van der Waals surface area contributed by atoms with Gasteiger partial charge in [0, 0.05) is 18.0 Å². The second-order valence-electron chi connectivity index (χ2n) is 4.41. The summed E-state index contributed by atoms with van der Waals surface area (Å²) in [4.78, 5) is 0. The molecule has 18 heavy (non-hydrogen) atoms. The number of ether oxygens (including phenoxy) is 1. The van der Waals surface area contributed by atoms with Crippen LogP contribution >= 0.6 is 0 Å². The maximum atomic E-state index is 5.96. The summed E-state index contributed by atoms with van der Waals surface area (Å²) in [5.74, 6) is 0.972. The molecule has 0 aliphatic heterocycles. The van der Waals surface area contributed by atoms with Crippen molar-refractivity contribution in [1.82, 2.24) is 4.40 Å². The molecule has 1 aromatic carbocycles. The number of fused-ring (bicyclic) bond motifs is 1. The Hall–Kier alpha value is -2.22. The fourth-order valence-electron chi connectivity index (χ4n) is 2.15. The Morgan fingerprint density at radius 1 is 1.00 bits per heavy atom. The second kappa shape index (κ2) is 4.57. The molecule has 3 rings (SSSR count). The third kappa shape index (κ3) is 1.97. The topological polar surface area (TPSA) is 13.6 Å². The standard InChI is InChI=1S/C16H15NO/c1-13-11-17-10-6-5-9-15(17)16(13)18-12-14-7-3-2-4-8-14/h2-11H,12H2,1H3. The maximum absolute atomic E-state index is 5.96. The van der Waals surface area contributed by atoms with Crippen LogP contribution in [0.4, 0.5) is 0 Å². The van der Waals surface area contributed by atoms with Crippen molar-refractivity contribution in [2.24, 2.45) is 0 Å². The molecule has 0 saturated heterocycles. The van der Waals surface area contributed by atoms with Crippen molar-refractivity contribution in [2.75, 3.05) is 0 Å². The lowest BCUT2D eigenvalue weighted by Gasteiger charge is -2.06. The van der Waals surface area contributed by atoms with Crippen LogP contribution in [0.2, 0.25) is 0 Å². The first-order valence-corrected chi connectivity index (χ1v) is 6.07. The molecule has 2 nitrogen and oxygen atoms in total. The highest BCUT2D eigenvalue weighted by Gasteiger charge is 2.07. The summed E-state index contributed by atoms with van der Waals surface area (Å²) in [5.41, 5.74) is 3.47. The molecule has 90 valence electrons. The van der Waals surface area contributed by atoms with E-state index in [1.54, 1.807) is 0 Å². The summed E-state index contributed by atoms with van der Waals surface area (Å²) >= 11 is 0. The minimum atomic E-state index is 0.607. The van der Waals surface area contributed by atoms with E-state index in [4.69, 9.17) is 4.74 Å². The molecule has 0 bridgehead atoms. The number of nitrogens with zero attached hydrogens (tertiary/aromatic N) is 1. The minimum Gasteiger partial charge on any atom is -0.486 e. The van der Waals surface area contributed by atoms with Crippen LogP contribution in [-0.2, 0) is 6.61 Å². The van der Waals surface area contributed by atoms with Gasteiger partial charge in [0.05, 0.1) is 5.52 Å². The Labute approximate surface area is 106 Å². The molecule has 0 atom stereocenters. The van der Waals surface area contributed by atoms with Gasteiger partial charge in [0.1, 0.15) is 12.4 Å². The molecule has 0 unspecified atom stereocenters. The van der Waals surface area contributed by atoms with Crippen molar-refractivity contribution in [3.63, 3.8) is 0 Å². The van der Waals surface area contributed by atoms with E-state index in [0.29, 0.717) is 6.61 Å². The molecule has 0 saturated carbocycles. The van der Waals surface area contributed by atoms with Gasteiger partial charge in [-0.15, -0.1) is 0 Å². The zero-order valence-electron chi connectivity index (χ0n) is 10.3. The van der Waals surface area contributed by atoms with E-state index in [1.807, 2.05) is 36.5 Å². The lowest BCUT2D eigenvalue weighted by atomic mass is 10.2. The monoisotopic (exact) mass is 237 g/mol. The molecule has 0 aliphatic carbocycles. The van der Waals surface area contributed by atoms with Crippen LogP contribution in [0.3, 0.4) is 0 Å². The smallest absolute Gasteiger partial charge is 0.148 e. The predicted octanol–water partition coefficient (Wildman–Crippen LogP) is 3.83. The van der Waals surface area contributed by atoms with Gasteiger partial charge >= 0.3 is 0 Å². The van der Waals surface area contributed by atoms with Crippen molar-refractivity contribution >= 4 is 5.52 Å². The molecule has 0 spiro atoms. The van der Waals surface area contributed by atoms with Crippen LogP contribution in [0.5, 0.6) is 5.75 Å². The van der Waals surface area contributed by atoms with Gasteiger partial charge in [-0.3, -0.25) is 0 Å². The molecule has 2 heterocycles. The van der Waals surface area contributed by atoms with Crippen LogP contribution < -0.4 is 4.74 Å². The number of aryl methyl sites for hydroxylation is 1. The largest absolute Gasteiger partial charge is 0.486 e. The van der Waals surface area contributed by atoms with Gasteiger partial charge in [-0.05, 0) is 24.6 Å². The highest BCUT2D eigenvalue weighted by molar-refractivity contribution is 5.64. The van der Waals surface area contributed by atoms with Crippen molar-refractivity contribution < 1.29 is 4.74 Å². The number of benzene rings is 1. The van der Waals surface area contributed by atoms with E-state index < -0.39 is 0 Å². The Kier molecular flexibility index (Phi) is 2.77. The first kappa shape index (κ1) is 10.9. The van der Waals surface area contributed by atoms with Crippen LogP contribution in [0.15, 0.2) is 60.9 Å². The van der Waals surface area contributed by atoms with Gasteiger partial charge in [0.15, 0.2) is 0 Å². The van der Waals surface area contributed by atoms with Crippen LogP contribution in [0.25, 0.3) is 5.52 Å². The maximum Gasteiger partial charge on any atom is 0.148 e. The molecular formula is C16H15NO. The molecule has 0 fully saturated rings. The van der Waals surface area contributed by atoms with Gasteiger partial charge in [-0.1, -0.05) is 36.4 Å². The fraction of sp³-hybridized carbons (Fsp3) is 0.125. The molecule has 3 aromatic rings. The first-order valence-electron chi connectivity index (χ1n) is 6.07. The van der Waals surface area contributed by atoms with Crippen LogP contribution in [-0.4, -0.2) is 4.40 Å². The van der Waals surface area contributed by atoms with E-state index >= 15 is 0 Å². The predicted molar refractivity (Wildman–Crippen MR) is 72.9 cm³/mol. The lowest BCUT2D eigenvalue weighted by Crippen LogP contribution is -1.95. The van der Waals surface area contributed by atoms with Gasteiger partial charge in [-0.2, -0.15) is 0 Å². The summed E-state index contributed by atoms with van der Waals surface area (Å²) < 4.78 is 8.05. The number of hydrogen-bond acceptors (Lipinski definition) is 1. The molecular weight excluding hydrogens is 222 g/mol. The van der Waals surface area contributed by atoms with Crippen molar-refractivity contribution in [2.45, 2.75) is 13.5 Å². The van der Waals surface area contributed by atoms with Gasteiger partial charge in [-0.25, -0.2) is 0 Å². The molecule has 2 aromatic heterocycles. The molecule has 0 aliphatic rings. The Morgan fingerprint density at radius 3 is 2.61 bits per heavy atom. The zero-order valence-corrected chi connectivity index (χ0v) is 10.3. The Balaban J connectivity index is 1.89.